The summed E-state index contributed by atoms with van der Waals surface area (Å²) < 4.78 is 65.6. The fraction of sp³-hybridized carbons (Fsp3) is 0.500. The largest absolute Gasteiger partial charge is 0.314 e. The number of nitrogens with zero attached hydrogens (tertiary/aromatic N) is 1. The average molecular weight is 396 g/mol. The van der Waals surface area contributed by atoms with E-state index in [-0.39, 0.29) is 31.4 Å². The molecule has 0 aliphatic carbocycles. The molecule has 134 valence electrons. The predicted molar refractivity (Wildman–Crippen MR) is 85.3 cm³/mol. The Labute approximate surface area is 145 Å². The summed E-state index contributed by atoms with van der Waals surface area (Å²) in [5.41, 5.74) is 0. The summed E-state index contributed by atoms with van der Waals surface area (Å²) in [6.45, 7) is 3.65. The van der Waals surface area contributed by atoms with Gasteiger partial charge in [0, 0.05) is 51.4 Å². The topological polar surface area (TPSA) is 61.4 Å². The highest BCUT2D eigenvalue weighted by Gasteiger charge is 2.25. The molecule has 2 rings (SSSR count). The first-order valence-corrected chi connectivity index (χ1v) is 7.96. The van der Waals surface area contributed by atoms with E-state index >= 15 is 0 Å². The van der Waals surface area contributed by atoms with Crippen molar-refractivity contribution in [1.29, 1.82) is 0 Å². The molecule has 1 aliphatic heterocycles. The van der Waals surface area contributed by atoms with E-state index in [2.05, 4.69) is 10.0 Å². The summed E-state index contributed by atoms with van der Waals surface area (Å²) in [4.78, 5) is 0.875. The summed E-state index contributed by atoms with van der Waals surface area (Å²) >= 11 is 0. The van der Waals surface area contributed by atoms with Crippen LogP contribution in [0.2, 0.25) is 0 Å². The summed E-state index contributed by atoms with van der Waals surface area (Å²) in [6.07, 6.45) is 0. The Hall–Kier alpha value is -0.580. The van der Waals surface area contributed by atoms with Crippen LogP contribution in [0.5, 0.6) is 0 Å². The van der Waals surface area contributed by atoms with Crippen molar-refractivity contribution >= 4 is 34.8 Å². The van der Waals surface area contributed by atoms with Gasteiger partial charge in [-0.1, -0.05) is 0 Å². The number of sulfonamides is 1. The molecule has 23 heavy (non-hydrogen) atoms. The van der Waals surface area contributed by atoms with Gasteiger partial charge in [-0.2, -0.15) is 0 Å². The van der Waals surface area contributed by atoms with Crippen LogP contribution in [0.3, 0.4) is 0 Å². The van der Waals surface area contributed by atoms with Crippen LogP contribution in [-0.4, -0.2) is 52.6 Å². The van der Waals surface area contributed by atoms with E-state index in [0.717, 1.165) is 26.2 Å². The van der Waals surface area contributed by atoms with Crippen molar-refractivity contribution < 1.29 is 21.6 Å². The van der Waals surface area contributed by atoms with Crippen LogP contribution >= 0.6 is 24.8 Å². The number of halogens is 5. The molecule has 0 aromatic heterocycles. The lowest BCUT2D eigenvalue weighted by Crippen LogP contribution is -2.46. The first-order valence-electron chi connectivity index (χ1n) is 6.47. The molecule has 1 saturated heterocycles. The third kappa shape index (κ3) is 6.09. The quantitative estimate of drug-likeness (QED) is 0.784. The molecule has 0 amide bonds. The molecule has 1 aromatic carbocycles. The van der Waals surface area contributed by atoms with Crippen LogP contribution in [0.15, 0.2) is 17.0 Å². The molecule has 0 radical (unpaired) electrons. The molecule has 5 nitrogen and oxygen atoms in total. The zero-order valence-corrected chi connectivity index (χ0v) is 14.5. The Bertz CT molecular complexity index is 591. The molecule has 2 N–H and O–H groups in total. The van der Waals surface area contributed by atoms with Gasteiger partial charge < -0.3 is 5.32 Å². The van der Waals surface area contributed by atoms with Gasteiger partial charge in [0.2, 0.25) is 10.0 Å². The fourth-order valence-electron chi connectivity index (χ4n) is 2.13. The van der Waals surface area contributed by atoms with Crippen molar-refractivity contribution in [3.8, 4) is 0 Å². The van der Waals surface area contributed by atoms with Crippen LogP contribution < -0.4 is 10.0 Å². The van der Waals surface area contributed by atoms with Crippen LogP contribution in [0, 0.1) is 17.5 Å². The summed E-state index contributed by atoms with van der Waals surface area (Å²) in [7, 11) is -4.35. The standard InChI is InChI=1S/C12H16F3N3O2S.2ClH/c13-9-7-10(14)12(11(15)8-9)21(19,20)17-3-6-18-4-1-16-2-5-18;;/h7-8,16-17H,1-6H2;2*1H. The highest BCUT2D eigenvalue weighted by molar-refractivity contribution is 7.89. The first-order chi connectivity index (χ1) is 9.90. The Morgan fingerprint density at radius 2 is 1.61 bits per heavy atom. The van der Waals surface area contributed by atoms with E-state index in [9.17, 15) is 21.6 Å². The minimum absolute atomic E-state index is 0. The lowest BCUT2D eigenvalue weighted by atomic mass is 10.3. The second-order valence-electron chi connectivity index (χ2n) is 4.69. The molecule has 1 heterocycles. The average Bonchev–Trinajstić information content (AvgIpc) is 2.38. The zero-order chi connectivity index (χ0) is 15.5. The molecule has 0 unspecified atom stereocenters. The van der Waals surface area contributed by atoms with Crippen LogP contribution in [0.1, 0.15) is 0 Å². The molecule has 1 aliphatic rings. The molecule has 0 spiro atoms. The fourth-order valence-corrected chi connectivity index (χ4v) is 3.27. The monoisotopic (exact) mass is 395 g/mol. The van der Waals surface area contributed by atoms with Crippen molar-refractivity contribution in [3.63, 3.8) is 0 Å². The van der Waals surface area contributed by atoms with Gasteiger partial charge in [-0.15, -0.1) is 24.8 Å². The van der Waals surface area contributed by atoms with Gasteiger partial charge >= 0.3 is 0 Å². The molecular formula is C12H18Cl2F3N3O2S. The smallest absolute Gasteiger partial charge is 0.246 e. The molecule has 1 aromatic rings. The first kappa shape index (κ1) is 22.4. The SMILES string of the molecule is Cl.Cl.O=S(=O)(NCCN1CCNCC1)c1c(F)cc(F)cc1F. The van der Waals surface area contributed by atoms with Gasteiger partial charge in [0.05, 0.1) is 0 Å². The molecule has 0 saturated carbocycles. The van der Waals surface area contributed by atoms with Crippen molar-refractivity contribution in [1.82, 2.24) is 14.9 Å². The van der Waals surface area contributed by atoms with E-state index in [0.29, 0.717) is 18.7 Å². The number of hydrogen-bond acceptors (Lipinski definition) is 4. The predicted octanol–water partition coefficient (Wildman–Crippen LogP) is 1.13. The third-order valence-corrected chi connectivity index (χ3v) is 4.67. The Balaban J connectivity index is 0.00000242. The maximum absolute atomic E-state index is 13.5. The van der Waals surface area contributed by atoms with E-state index in [4.69, 9.17) is 0 Å². The molecule has 0 atom stereocenters. The van der Waals surface area contributed by atoms with Gasteiger partial charge in [0.15, 0.2) is 4.90 Å². The molecule has 1 fully saturated rings. The van der Waals surface area contributed by atoms with Crippen LogP contribution in [0.25, 0.3) is 0 Å². The number of hydrogen-bond donors (Lipinski definition) is 2. The minimum atomic E-state index is -4.35. The van der Waals surface area contributed by atoms with Gasteiger partial charge in [-0.3, -0.25) is 4.90 Å². The summed E-state index contributed by atoms with van der Waals surface area (Å²) in [5, 5.41) is 3.15. The van der Waals surface area contributed by atoms with Gasteiger partial charge in [0.25, 0.3) is 0 Å². The van der Waals surface area contributed by atoms with E-state index in [1.165, 1.54) is 0 Å². The van der Waals surface area contributed by atoms with Crippen LogP contribution in [-0.2, 0) is 10.0 Å². The van der Waals surface area contributed by atoms with Crippen LogP contribution in [0.4, 0.5) is 13.2 Å². The lowest BCUT2D eigenvalue weighted by molar-refractivity contribution is 0.245. The normalized spacial score (nSPS) is 15.6. The molecule has 11 heteroatoms. The highest BCUT2D eigenvalue weighted by Crippen LogP contribution is 2.19. The van der Waals surface area contributed by atoms with E-state index < -0.39 is 32.4 Å². The number of piperazine rings is 1. The van der Waals surface area contributed by atoms with E-state index in [1.54, 1.807) is 0 Å². The summed E-state index contributed by atoms with van der Waals surface area (Å²) in [6, 6.07) is 0.682. The van der Waals surface area contributed by atoms with Gasteiger partial charge in [0.1, 0.15) is 17.5 Å². The maximum Gasteiger partial charge on any atom is 0.246 e. The highest BCUT2D eigenvalue weighted by atomic mass is 35.5. The Morgan fingerprint density at radius 3 is 2.13 bits per heavy atom. The summed E-state index contributed by atoms with van der Waals surface area (Å²) in [5.74, 6) is -4.05. The second-order valence-corrected chi connectivity index (χ2v) is 6.39. The Morgan fingerprint density at radius 1 is 1.09 bits per heavy atom. The van der Waals surface area contributed by atoms with Crippen molar-refractivity contribution in [2.75, 3.05) is 39.3 Å². The number of nitrogens with one attached hydrogen (secondary N) is 2. The number of benzene rings is 1. The third-order valence-electron chi connectivity index (χ3n) is 3.16. The zero-order valence-electron chi connectivity index (χ0n) is 12.0. The van der Waals surface area contributed by atoms with Crippen molar-refractivity contribution in [2.45, 2.75) is 4.90 Å². The van der Waals surface area contributed by atoms with Crippen molar-refractivity contribution in [3.05, 3.63) is 29.6 Å². The van der Waals surface area contributed by atoms with E-state index in [1.807, 2.05) is 4.90 Å². The molecular weight excluding hydrogens is 378 g/mol. The van der Waals surface area contributed by atoms with Gasteiger partial charge in [-0.25, -0.2) is 26.3 Å². The lowest BCUT2D eigenvalue weighted by Gasteiger charge is -2.27. The van der Waals surface area contributed by atoms with Gasteiger partial charge in [-0.05, 0) is 0 Å². The molecule has 0 bridgehead atoms. The number of rotatable bonds is 5. The van der Waals surface area contributed by atoms with Crippen molar-refractivity contribution in [2.24, 2.45) is 0 Å². The second kappa shape index (κ2) is 9.65. The maximum atomic E-state index is 13.5. The Kier molecular flexibility index (Phi) is 9.41. The minimum Gasteiger partial charge on any atom is -0.314 e.